The minimum Gasteiger partial charge on any atom is -0.399 e. The van der Waals surface area contributed by atoms with Gasteiger partial charge >= 0.3 is 0 Å². The van der Waals surface area contributed by atoms with Gasteiger partial charge in [-0.1, -0.05) is 0 Å². The van der Waals surface area contributed by atoms with E-state index < -0.39 is 0 Å². The maximum absolute atomic E-state index is 5.63. The highest BCUT2D eigenvalue weighted by Crippen LogP contribution is 2.15. The Morgan fingerprint density at radius 3 is 2.31 bits per heavy atom. The number of piperazine rings is 1. The average molecular weight is 178 g/mol. The summed E-state index contributed by atoms with van der Waals surface area (Å²) in [5, 5.41) is 2.35. The lowest BCUT2D eigenvalue weighted by molar-refractivity contribution is -0.655. The molecular formula is C10H16N3+. The summed E-state index contributed by atoms with van der Waals surface area (Å²) in [6.07, 6.45) is 0. The zero-order chi connectivity index (χ0) is 9.10. The summed E-state index contributed by atoms with van der Waals surface area (Å²) in [5.41, 5.74) is 7.77. The first kappa shape index (κ1) is 8.38. The Hall–Kier alpha value is -1.22. The van der Waals surface area contributed by atoms with Crippen LogP contribution in [0.2, 0.25) is 0 Å². The molecule has 4 N–H and O–H groups in total. The molecule has 3 heteroatoms. The monoisotopic (exact) mass is 178 g/mol. The highest BCUT2D eigenvalue weighted by atomic mass is 15.2. The second kappa shape index (κ2) is 3.66. The highest BCUT2D eigenvalue weighted by molar-refractivity contribution is 5.53. The molecule has 0 bridgehead atoms. The molecule has 1 fully saturated rings. The van der Waals surface area contributed by atoms with E-state index in [0.717, 1.165) is 18.8 Å². The van der Waals surface area contributed by atoms with E-state index in [1.165, 1.54) is 18.8 Å². The normalized spacial score (nSPS) is 17.4. The zero-order valence-electron chi connectivity index (χ0n) is 7.74. The van der Waals surface area contributed by atoms with Gasteiger partial charge in [0.05, 0.1) is 26.2 Å². The van der Waals surface area contributed by atoms with Gasteiger partial charge < -0.3 is 16.0 Å². The van der Waals surface area contributed by atoms with Crippen molar-refractivity contribution >= 4 is 11.4 Å². The summed E-state index contributed by atoms with van der Waals surface area (Å²) in [5.74, 6) is 0. The minimum absolute atomic E-state index is 0.840. The van der Waals surface area contributed by atoms with Crippen LogP contribution in [0.25, 0.3) is 0 Å². The first-order valence-corrected chi connectivity index (χ1v) is 4.78. The predicted molar refractivity (Wildman–Crippen MR) is 54.7 cm³/mol. The molecule has 1 heterocycles. The Balaban J connectivity index is 2.10. The van der Waals surface area contributed by atoms with E-state index in [4.69, 9.17) is 5.73 Å². The number of rotatable bonds is 1. The van der Waals surface area contributed by atoms with Crippen LogP contribution < -0.4 is 16.0 Å². The molecule has 0 atom stereocenters. The van der Waals surface area contributed by atoms with E-state index in [2.05, 4.69) is 22.3 Å². The van der Waals surface area contributed by atoms with Crippen LogP contribution in [0.5, 0.6) is 0 Å². The third kappa shape index (κ3) is 1.92. The van der Waals surface area contributed by atoms with Crippen LogP contribution in [0, 0.1) is 0 Å². The summed E-state index contributed by atoms with van der Waals surface area (Å²) in [4.78, 5) is 2.40. The molecule has 0 unspecified atom stereocenters. The Labute approximate surface area is 78.5 Å². The van der Waals surface area contributed by atoms with Crippen molar-refractivity contribution in [3.63, 3.8) is 0 Å². The SMILES string of the molecule is Nc1ccc(N2CC[NH2+]CC2)cc1. The van der Waals surface area contributed by atoms with Gasteiger partial charge in [-0.2, -0.15) is 0 Å². The number of nitrogens with two attached hydrogens (primary N) is 2. The van der Waals surface area contributed by atoms with Crippen LogP contribution >= 0.6 is 0 Å². The molecule has 3 nitrogen and oxygen atoms in total. The van der Waals surface area contributed by atoms with Crippen molar-refractivity contribution in [3.8, 4) is 0 Å². The minimum atomic E-state index is 0.840. The summed E-state index contributed by atoms with van der Waals surface area (Å²) in [7, 11) is 0. The van der Waals surface area contributed by atoms with Crippen LogP contribution in [0.15, 0.2) is 24.3 Å². The fourth-order valence-electron chi connectivity index (χ4n) is 1.69. The number of hydrogen-bond donors (Lipinski definition) is 2. The van der Waals surface area contributed by atoms with Crippen molar-refractivity contribution in [2.75, 3.05) is 36.8 Å². The number of quaternary nitrogens is 1. The van der Waals surface area contributed by atoms with Crippen LogP contribution in [-0.4, -0.2) is 26.2 Å². The maximum Gasteiger partial charge on any atom is 0.0934 e. The van der Waals surface area contributed by atoms with Crippen LogP contribution in [0.4, 0.5) is 11.4 Å². The first-order valence-electron chi connectivity index (χ1n) is 4.78. The molecule has 1 aromatic carbocycles. The molecular weight excluding hydrogens is 162 g/mol. The van der Waals surface area contributed by atoms with Gasteiger partial charge in [0.1, 0.15) is 0 Å². The molecule has 70 valence electrons. The van der Waals surface area contributed by atoms with Crippen molar-refractivity contribution in [2.45, 2.75) is 0 Å². The summed E-state index contributed by atoms with van der Waals surface area (Å²) < 4.78 is 0. The van der Waals surface area contributed by atoms with Crippen LogP contribution in [0.3, 0.4) is 0 Å². The zero-order valence-corrected chi connectivity index (χ0v) is 7.74. The molecule has 0 spiro atoms. The molecule has 0 radical (unpaired) electrons. The largest absolute Gasteiger partial charge is 0.399 e. The summed E-state index contributed by atoms with van der Waals surface area (Å²) in [6, 6.07) is 8.13. The van der Waals surface area contributed by atoms with Crippen LogP contribution in [-0.2, 0) is 0 Å². The Morgan fingerprint density at radius 2 is 1.69 bits per heavy atom. The molecule has 1 aromatic rings. The molecule has 1 aliphatic rings. The van der Waals surface area contributed by atoms with E-state index in [0.29, 0.717) is 0 Å². The molecule has 1 saturated heterocycles. The lowest BCUT2D eigenvalue weighted by atomic mass is 10.2. The van der Waals surface area contributed by atoms with E-state index in [1.807, 2.05) is 12.1 Å². The molecule has 1 aliphatic heterocycles. The first-order chi connectivity index (χ1) is 6.36. The van der Waals surface area contributed by atoms with Gasteiger partial charge in [-0.15, -0.1) is 0 Å². The van der Waals surface area contributed by atoms with Crippen molar-refractivity contribution in [2.24, 2.45) is 0 Å². The van der Waals surface area contributed by atoms with Gasteiger partial charge in [0, 0.05) is 11.4 Å². The quantitative estimate of drug-likeness (QED) is 0.578. The number of anilines is 2. The fraction of sp³-hybridized carbons (Fsp3) is 0.400. The molecule has 2 rings (SSSR count). The van der Waals surface area contributed by atoms with Gasteiger partial charge in [-0.05, 0) is 24.3 Å². The highest BCUT2D eigenvalue weighted by Gasteiger charge is 2.11. The topological polar surface area (TPSA) is 45.9 Å². The average Bonchev–Trinajstić information content (AvgIpc) is 2.20. The smallest absolute Gasteiger partial charge is 0.0934 e. The Bertz CT molecular complexity index is 262. The number of nitrogen functional groups attached to an aromatic ring is 1. The second-order valence-corrected chi connectivity index (χ2v) is 3.44. The lowest BCUT2D eigenvalue weighted by Crippen LogP contribution is -2.89. The molecule has 0 saturated carbocycles. The van der Waals surface area contributed by atoms with Crippen molar-refractivity contribution in [3.05, 3.63) is 24.3 Å². The number of benzene rings is 1. The van der Waals surface area contributed by atoms with Crippen molar-refractivity contribution in [1.29, 1.82) is 0 Å². The van der Waals surface area contributed by atoms with Gasteiger partial charge in [-0.3, -0.25) is 0 Å². The summed E-state index contributed by atoms with van der Waals surface area (Å²) in [6.45, 7) is 4.68. The maximum atomic E-state index is 5.63. The van der Waals surface area contributed by atoms with E-state index in [-0.39, 0.29) is 0 Å². The fourth-order valence-corrected chi connectivity index (χ4v) is 1.69. The van der Waals surface area contributed by atoms with E-state index in [9.17, 15) is 0 Å². The van der Waals surface area contributed by atoms with Gasteiger partial charge in [0.25, 0.3) is 0 Å². The number of hydrogen-bond acceptors (Lipinski definition) is 2. The molecule has 0 aromatic heterocycles. The molecule has 0 amide bonds. The third-order valence-corrected chi connectivity index (χ3v) is 2.46. The van der Waals surface area contributed by atoms with Crippen LogP contribution in [0.1, 0.15) is 0 Å². The van der Waals surface area contributed by atoms with Gasteiger partial charge in [-0.25, -0.2) is 0 Å². The van der Waals surface area contributed by atoms with Gasteiger partial charge in [0.2, 0.25) is 0 Å². The lowest BCUT2D eigenvalue weighted by Gasteiger charge is -2.27. The second-order valence-electron chi connectivity index (χ2n) is 3.44. The molecule has 13 heavy (non-hydrogen) atoms. The van der Waals surface area contributed by atoms with Crippen molar-refractivity contribution < 1.29 is 5.32 Å². The Morgan fingerprint density at radius 1 is 1.08 bits per heavy atom. The number of nitrogens with zero attached hydrogens (tertiary/aromatic N) is 1. The standard InChI is InChI=1S/C10H15N3/c11-9-1-3-10(4-2-9)13-7-5-12-6-8-13/h1-4,12H,5-8,11H2/p+1. The third-order valence-electron chi connectivity index (χ3n) is 2.46. The molecule has 0 aliphatic carbocycles. The Kier molecular flexibility index (Phi) is 2.36. The predicted octanol–water partition coefficient (Wildman–Crippen LogP) is -0.348. The van der Waals surface area contributed by atoms with Crippen molar-refractivity contribution in [1.82, 2.24) is 0 Å². The summed E-state index contributed by atoms with van der Waals surface area (Å²) >= 11 is 0. The van der Waals surface area contributed by atoms with E-state index in [1.54, 1.807) is 0 Å². The van der Waals surface area contributed by atoms with Gasteiger partial charge in [0.15, 0.2) is 0 Å². The van der Waals surface area contributed by atoms with E-state index >= 15 is 0 Å².